The van der Waals surface area contributed by atoms with E-state index in [1.807, 2.05) is 0 Å². The van der Waals surface area contributed by atoms with Crippen LogP contribution in [0.1, 0.15) is 33.7 Å². The molecule has 120 valence electrons. The van der Waals surface area contributed by atoms with Gasteiger partial charge in [0.05, 0.1) is 20.4 Å². The topological polar surface area (TPSA) is 88.6 Å². The number of fused-ring (bicyclic) bond motifs is 1. The fraction of sp³-hybridized carbons (Fsp3) is 0.312. The van der Waals surface area contributed by atoms with Gasteiger partial charge in [-0.15, -0.1) is 0 Å². The summed E-state index contributed by atoms with van der Waals surface area (Å²) >= 11 is 0. The Hall–Kier alpha value is -2.83. The molecule has 0 fully saturated rings. The van der Waals surface area contributed by atoms with Crippen LogP contribution in [0.2, 0.25) is 0 Å². The number of nitrogens with zero attached hydrogens (tertiary/aromatic N) is 2. The highest BCUT2D eigenvalue weighted by molar-refractivity contribution is 5.95. The quantitative estimate of drug-likeness (QED) is 0.649. The minimum Gasteiger partial charge on any atom is -0.497 e. The Kier molecular flexibility index (Phi) is 4.27. The number of amides is 1. The van der Waals surface area contributed by atoms with Gasteiger partial charge in [-0.3, -0.25) is 9.89 Å². The number of H-pyrrole nitrogens is 1. The van der Waals surface area contributed by atoms with Crippen LogP contribution < -0.4 is 14.9 Å². The minimum absolute atomic E-state index is 0.312. The van der Waals surface area contributed by atoms with Crippen LogP contribution in [0.5, 0.6) is 11.5 Å². The number of benzene rings is 1. The number of hydrogen-bond acceptors (Lipinski definition) is 5. The van der Waals surface area contributed by atoms with Gasteiger partial charge in [-0.2, -0.15) is 10.2 Å². The van der Waals surface area contributed by atoms with E-state index < -0.39 is 0 Å². The van der Waals surface area contributed by atoms with Crippen LogP contribution in [-0.2, 0) is 12.8 Å². The Bertz CT molecular complexity index is 752. The number of nitrogens with one attached hydrogen (secondary N) is 2. The molecule has 0 atom stereocenters. The highest BCUT2D eigenvalue weighted by Gasteiger charge is 2.22. The number of ether oxygens (including phenoxy) is 2. The summed E-state index contributed by atoms with van der Waals surface area (Å²) in [5, 5.41) is 11.0. The predicted octanol–water partition coefficient (Wildman–Crippen LogP) is 1.68. The second kappa shape index (κ2) is 6.51. The van der Waals surface area contributed by atoms with Gasteiger partial charge in [0.25, 0.3) is 5.91 Å². The molecule has 2 N–H and O–H groups in total. The summed E-state index contributed by atoms with van der Waals surface area (Å²) in [6, 6.07) is 5.36. The van der Waals surface area contributed by atoms with Gasteiger partial charge in [-0.25, -0.2) is 5.43 Å². The van der Waals surface area contributed by atoms with Crippen LogP contribution in [0.25, 0.3) is 0 Å². The van der Waals surface area contributed by atoms with Crippen molar-refractivity contribution >= 4 is 12.1 Å². The molecule has 0 aliphatic heterocycles. The van der Waals surface area contributed by atoms with Crippen LogP contribution in [0.3, 0.4) is 0 Å². The molecule has 0 saturated heterocycles. The summed E-state index contributed by atoms with van der Waals surface area (Å²) in [5.41, 5.74) is 5.72. The average Bonchev–Trinajstić information content (AvgIpc) is 3.18. The standard InChI is InChI=1S/C16H18N4O3/c1-22-11-7-6-10(14(8-11)23-2)9-17-20-16(21)15-12-4-3-5-13(12)18-19-15/h6-9H,3-5H2,1-2H3,(H,18,19)(H,20,21)/b17-9+. The zero-order valence-corrected chi connectivity index (χ0v) is 13.0. The van der Waals surface area contributed by atoms with Crippen molar-refractivity contribution in [2.24, 2.45) is 5.10 Å². The average molecular weight is 314 g/mol. The molecule has 1 aliphatic rings. The number of hydrazone groups is 1. The molecule has 0 saturated carbocycles. The van der Waals surface area contributed by atoms with Gasteiger partial charge in [-0.1, -0.05) is 0 Å². The second-order valence-corrected chi connectivity index (χ2v) is 5.19. The molecule has 1 amide bonds. The molecule has 1 aromatic heterocycles. The Balaban J connectivity index is 1.70. The maximum Gasteiger partial charge on any atom is 0.292 e. The fourth-order valence-corrected chi connectivity index (χ4v) is 2.65. The van der Waals surface area contributed by atoms with Crippen molar-refractivity contribution < 1.29 is 14.3 Å². The molecular weight excluding hydrogens is 296 g/mol. The van der Waals surface area contributed by atoms with E-state index in [1.165, 1.54) is 6.21 Å². The largest absolute Gasteiger partial charge is 0.497 e. The first-order valence-electron chi connectivity index (χ1n) is 7.34. The van der Waals surface area contributed by atoms with Crippen LogP contribution in [0.4, 0.5) is 0 Å². The number of aryl methyl sites for hydroxylation is 1. The highest BCUT2D eigenvalue weighted by Crippen LogP contribution is 2.24. The minimum atomic E-state index is -0.312. The molecular formula is C16H18N4O3. The zero-order chi connectivity index (χ0) is 16.2. The van der Waals surface area contributed by atoms with Crippen LogP contribution in [-0.4, -0.2) is 36.5 Å². The molecule has 7 heteroatoms. The second-order valence-electron chi connectivity index (χ2n) is 5.19. The third-order valence-corrected chi connectivity index (χ3v) is 3.83. The van der Waals surface area contributed by atoms with Gasteiger partial charge < -0.3 is 9.47 Å². The fourth-order valence-electron chi connectivity index (χ4n) is 2.65. The van der Waals surface area contributed by atoms with Crippen molar-refractivity contribution in [1.82, 2.24) is 15.6 Å². The van der Waals surface area contributed by atoms with Crippen LogP contribution in [0.15, 0.2) is 23.3 Å². The first-order valence-corrected chi connectivity index (χ1v) is 7.34. The van der Waals surface area contributed by atoms with E-state index in [0.29, 0.717) is 17.2 Å². The van der Waals surface area contributed by atoms with Crippen LogP contribution >= 0.6 is 0 Å². The van der Waals surface area contributed by atoms with E-state index in [9.17, 15) is 4.79 Å². The van der Waals surface area contributed by atoms with E-state index in [0.717, 1.165) is 36.1 Å². The van der Waals surface area contributed by atoms with E-state index in [-0.39, 0.29) is 5.91 Å². The summed E-state index contributed by atoms with van der Waals surface area (Å²) in [7, 11) is 3.16. The van der Waals surface area contributed by atoms with Crippen molar-refractivity contribution in [2.45, 2.75) is 19.3 Å². The third kappa shape index (κ3) is 3.03. The molecule has 1 aliphatic carbocycles. The lowest BCUT2D eigenvalue weighted by Crippen LogP contribution is -2.19. The number of hydrogen-bond donors (Lipinski definition) is 2. The van der Waals surface area contributed by atoms with Crippen molar-refractivity contribution in [1.29, 1.82) is 0 Å². The predicted molar refractivity (Wildman–Crippen MR) is 85.2 cm³/mol. The zero-order valence-electron chi connectivity index (χ0n) is 13.0. The number of methoxy groups -OCH3 is 2. The van der Waals surface area contributed by atoms with E-state index >= 15 is 0 Å². The molecule has 1 heterocycles. The Morgan fingerprint density at radius 3 is 3.00 bits per heavy atom. The van der Waals surface area contributed by atoms with Crippen LogP contribution in [0, 0.1) is 0 Å². The smallest absolute Gasteiger partial charge is 0.292 e. The number of aromatic amines is 1. The molecule has 3 rings (SSSR count). The van der Waals surface area contributed by atoms with Gasteiger partial charge >= 0.3 is 0 Å². The molecule has 23 heavy (non-hydrogen) atoms. The molecule has 1 aromatic carbocycles. The Morgan fingerprint density at radius 1 is 1.35 bits per heavy atom. The molecule has 2 aromatic rings. The first-order chi connectivity index (χ1) is 11.2. The Morgan fingerprint density at radius 2 is 2.22 bits per heavy atom. The molecule has 7 nitrogen and oxygen atoms in total. The number of aromatic nitrogens is 2. The lowest BCUT2D eigenvalue weighted by Gasteiger charge is -2.06. The van der Waals surface area contributed by atoms with Crippen molar-refractivity contribution in [2.75, 3.05) is 14.2 Å². The van der Waals surface area contributed by atoms with E-state index in [4.69, 9.17) is 9.47 Å². The summed E-state index contributed by atoms with van der Waals surface area (Å²) in [6.07, 6.45) is 4.41. The number of rotatable bonds is 5. The van der Waals surface area contributed by atoms with Gasteiger partial charge in [0.1, 0.15) is 11.5 Å². The molecule has 0 radical (unpaired) electrons. The lowest BCUT2D eigenvalue weighted by atomic mass is 10.2. The molecule has 0 spiro atoms. The van der Waals surface area contributed by atoms with E-state index in [2.05, 4.69) is 20.7 Å². The van der Waals surface area contributed by atoms with Crippen molar-refractivity contribution in [3.05, 3.63) is 40.7 Å². The lowest BCUT2D eigenvalue weighted by molar-refractivity contribution is 0.0949. The molecule has 0 unspecified atom stereocenters. The number of carbonyl (C=O) groups excluding carboxylic acids is 1. The normalized spacial score (nSPS) is 13.1. The monoisotopic (exact) mass is 314 g/mol. The maximum atomic E-state index is 12.2. The van der Waals surface area contributed by atoms with Gasteiger partial charge in [-0.05, 0) is 31.4 Å². The third-order valence-electron chi connectivity index (χ3n) is 3.83. The maximum absolute atomic E-state index is 12.2. The highest BCUT2D eigenvalue weighted by atomic mass is 16.5. The van der Waals surface area contributed by atoms with Gasteiger partial charge in [0.2, 0.25) is 0 Å². The van der Waals surface area contributed by atoms with Crippen molar-refractivity contribution in [3.63, 3.8) is 0 Å². The molecule has 0 bridgehead atoms. The van der Waals surface area contributed by atoms with Crippen molar-refractivity contribution in [3.8, 4) is 11.5 Å². The van der Waals surface area contributed by atoms with E-state index in [1.54, 1.807) is 32.4 Å². The summed E-state index contributed by atoms with van der Waals surface area (Å²) in [5.74, 6) is 0.992. The number of carbonyl (C=O) groups is 1. The Labute approximate surface area is 133 Å². The van der Waals surface area contributed by atoms with Gasteiger partial charge in [0, 0.05) is 22.9 Å². The summed E-state index contributed by atoms with van der Waals surface area (Å²) < 4.78 is 10.4. The van der Waals surface area contributed by atoms with Gasteiger partial charge in [0.15, 0.2) is 5.69 Å². The summed E-state index contributed by atoms with van der Waals surface area (Å²) in [6.45, 7) is 0. The summed E-state index contributed by atoms with van der Waals surface area (Å²) in [4.78, 5) is 12.2. The first kappa shape index (κ1) is 15.1. The SMILES string of the molecule is COc1ccc(/C=N/NC(=O)c2n[nH]c3c2CCC3)c(OC)c1.